The zero-order valence-corrected chi connectivity index (χ0v) is 13.2. The first kappa shape index (κ1) is 14.5. The third kappa shape index (κ3) is 2.83. The summed E-state index contributed by atoms with van der Waals surface area (Å²) in [7, 11) is 2.14. The Morgan fingerprint density at radius 2 is 2.14 bits per heavy atom. The SMILES string of the molecule is Cc1cccc(C2NC(C)C(=O)N2C2CCCN(C)C2)c1. The number of hydrogen-bond acceptors (Lipinski definition) is 3. The van der Waals surface area contributed by atoms with Crippen molar-refractivity contribution in [1.29, 1.82) is 0 Å². The van der Waals surface area contributed by atoms with Crippen molar-refractivity contribution >= 4 is 5.91 Å². The van der Waals surface area contributed by atoms with Crippen LogP contribution in [0.4, 0.5) is 0 Å². The van der Waals surface area contributed by atoms with Crippen molar-refractivity contribution in [3.05, 3.63) is 35.4 Å². The number of benzene rings is 1. The van der Waals surface area contributed by atoms with Crippen LogP contribution in [0.5, 0.6) is 0 Å². The average Bonchev–Trinajstić information content (AvgIpc) is 2.75. The van der Waals surface area contributed by atoms with E-state index in [0.29, 0.717) is 6.04 Å². The Balaban J connectivity index is 1.89. The molecule has 2 aliphatic rings. The first-order valence-electron chi connectivity index (χ1n) is 7.89. The van der Waals surface area contributed by atoms with E-state index in [1.165, 1.54) is 17.5 Å². The summed E-state index contributed by atoms with van der Waals surface area (Å²) in [6.07, 6.45) is 2.29. The Bertz CT molecular complexity index is 531. The molecule has 2 aliphatic heterocycles. The van der Waals surface area contributed by atoms with Crippen molar-refractivity contribution in [3.63, 3.8) is 0 Å². The van der Waals surface area contributed by atoms with Gasteiger partial charge in [0.05, 0.1) is 6.04 Å². The lowest BCUT2D eigenvalue weighted by Gasteiger charge is -2.38. The molecular formula is C17H25N3O. The van der Waals surface area contributed by atoms with Gasteiger partial charge in [-0.05, 0) is 45.8 Å². The van der Waals surface area contributed by atoms with E-state index in [4.69, 9.17) is 0 Å². The summed E-state index contributed by atoms with van der Waals surface area (Å²) in [4.78, 5) is 17.0. The van der Waals surface area contributed by atoms with Crippen LogP contribution in [0.3, 0.4) is 0 Å². The topological polar surface area (TPSA) is 35.6 Å². The van der Waals surface area contributed by atoms with Crippen LogP contribution in [0.1, 0.15) is 37.1 Å². The summed E-state index contributed by atoms with van der Waals surface area (Å²) in [6.45, 7) is 6.18. The number of piperidine rings is 1. The van der Waals surface area contributed by atoms with Gasteiger partial charge in [-0.15, -0.1) is 0 Å². The third-order valence-electron chi connectivity index (χ3n) is 4.66. The lowest BCUT2D eigenvalue weighted by Crippen LogP contribution is -2.49. The Morgan fingerprint density at radius 3 is 2.86 bits per heavy atom. The highest BCUT2D eigenvalue weighted by Crippen LogP contribution is 2.30. The first-order chi connectivity index (χ1) is 10.1. The smallest absolute Gasteiger partial charge is 0.241 e. The molecule has 0 aliphatic carbocycles. The van der Waals surface area contributed by atoms with Gasteiger partial charge in [-0.3, -0.25) is 10.1 Å². The second-order valence-electron chi connectivity index (χ2n) is 6.51. The molecule has 2 fully saturated rings. The van der Waals surface area contributed by atoms with E-state index < -0.39 is 0 Å². The normalized spacial score (nSPS) is 30.9. The zero-order valence-electron chi connectivity index (χ0n) is 13.2. The van der Waals surface area contributed by atoms with Gasteiger partial charge >= 0.3 is 0 Å². The quantitative estimate of drug-likeness (QED) is 0.902. The molecule has 0 bridgehead atoms. The molecule has 4 heteroatoms. The molecule has 0 saturated carbocycles. The van der Waals surface area contributed by atoms with Gasteiger partial charge in [0.2, 0.25) is 5.91 Å². The Morgan fingerprint density at radius 1 is 1.33 bits per heavy atom. The fourth-order valence-electron chi connectivity index (χ4n) is 3.59. The van der Waals surface area contributed by atoms with Crippen LogP contribution in [0.25, 0.3) is 0 Å². The summed E-state index contributed by atoms with van der Waals surface area (Å²) in [5.41, 5.74) is 2.43. The Labute approximate surface area is 127 Å². The maximum Gasteiger partial charge on any atom is 0.241 e. The van der Waals surface area contributed by atoms with Crippen molar-refractivity contribution in [1.82, 2.24) is 15.1 Å². The number of rotatable bonds is 2. The Kier molecular flexibility index (Phi) is 4.00. The van der Waals surface area contributed by atoms with E-state index in [9.17, 15) is 4.79 Å². The lowest BCUT2D eigenvalue weighted by atomic mass is 10.0. The molecule has 0 spiro atoms. The van der Waals surface area contributed by atoms with Crippen LogP contribution in [0.15, 0.2) is 24.3 Å². The van der Waals surface area contributed by atoms with Crippen LogP contribution in [0.2, 0.25) is 0 Å². The molecule has 2 saturated heterocycles. The predicted octanol–water partition coefficient (Wildman–Crippen LogP) is 1.91. The highest BCUT2D eigenvalue weighted by Gasteiger charge is 2.41. The average molecular weight is 287 g/mol. The molecule has 1 aromatic rings. The van der Waals surface area contributed by atoms with Crippen molar-refractivity contribution in [2.75, 3.05) is 20.1 Å². The minimum Gasteiger partial charge on any atom is -0.317 e. The van der Waals surface area contributed by atoms with Gasteiger partial charge in [-0.2, -0.15) is 0 Å². The zero-order chi connectivity index (χ0) is 15.0. The summed E-state index contributed by atoms with van der Waals surface area (Å²) < 4.78 is 0. The highest BCUT2D eigenvalue weighted by molar-refractivity contribution is 5.84. The molecule has 3 atom stereocenters. The molecule has 0 radical (unpaired) electrons. The van der Waals surface area contributed by atoms with Crippen molar-refractivity contribution in [3.8, 4) is 0 Å². The van der Waals surface area contributed by atoms with Crippen LogP contribution in [-0.2, 0) is 4.79 Å². The molecule has 1 amide bonds. The van der Waals surface area contributed by atoms with Gasteiger partial charge in [0, 0.05) is 12.6 Å². The van der Waals surface area contributed by atoms with E-state index in [1.807, 2.05) is 6.92 Å². The number of nitrogens with one attached hydrogen (secondary N) is 1. The number of amides is 1. The molecule has 1 N–H and O–H groups in total. The number of likely N-dealkylation sites (N-methyl/N-ethyl adjacent to an activating group) is 1. The molecule has 3 rings (SSSR count). The number of carbonyl (C=O) groups is 1. The van der Waals surface area contributed by atoms with Gasteiger partial charge in [-0.25, -0.2) is 0 Å². The molecule has 1 aromatic carbocycles. The van der Waals surface area contributed by atoms with Gasteiger partial charge in [0.25, 0.3) is 0 Å². The number of nitrogens with zero attached hydrogens (tertiary/aromatic N) is 2. The maximum atomic E-state index is 12.6. The van der Waals surface area contributed by atoms with Gasteiger partial charge in [0.15, 0.2) is 0 Å². The van der Waals surface area contributed by atoms with Crippen molar-refractivity contribution in [2.45, 2.75) is 44.9 Å². The fourth-order valence-corrected chi connectivity index (χ4v) is 3.59. The van der Waals surface area contributed by atoms with Crippen LogP contribution >= 0.6 is 0 Å². The summed E-state index contributed by atoms with van der Waals surface area (Å²) in [5.74, 6) is 0.238. The molecule has 114 valence electrons. The van der Waals surface area contributed by atoms with Crippen molar-refractivity contribution in [2.24, 2.45) is 0 Å². The van der Waals surface area contributed by atoms with Crippen LogP contribution in [-0.4, -0.2) is 47.9 Å². The Hall–Kier alpha value is -1.39. The number of aryl methyl sites for hydroxylation is 1. The fraction of sp³-hybridized carbons (Fsp3) is 0.588. The van der Waals surface area contributed by atoms with Gasteiger partial charge in [-0.1, -0.05) is 29.8 Å². The lowest BCUT2D eigenvalue weighted by molar-refractivity contribution is -0.133. The number of likely N-dealkylation sites (tertiary alicyclic amines) is 1. The van der Waals surface area contributed by atoms with E-state index >= 15 is 0 Å². The van der Waals surface area contributed by atoms with Crippen molar-refractivity contribution < 1.29 is 4.79 Å². The molecule has 0 aromatic heterocycles. The van der Waals surface area contributed by atoms with E-state index in [0.717, 1.165) is 19.5 Å². The molecule has 2 heterocycles. The monoisotopic (exact) mass is 287 g/mol. The summed E-state index contributed by atoms with van der Waals surface area (Å²) in [5, 5.41) is 3.47. The van der Waals surface area contributed by atoms with Crippen LogP contribution in [0, 0.1) is 6.92 Å². The van der Waals surface area contributed by atoms with Gasteiger partial charge < -0.3 is 9.80 Å². The minimum atomic E-state index is -0.0947. The number of carbonyl (C=O) groups excluding carboxylic acids is 1. The number of hydrogen-bond donors (Lipinski definition) is 1. The van der Waals surface area contributed by atoms with E-state index in [2.05, 4.69) is 53.4 Å². The minimum absolute atomic E-state index is 0.0175. The standard InChI is InChI=1S/C17H25N3O/c1-12-6-4-7-14(10-12)16-18-13(2)17(21)20(16)15-8-5-9-19(3)11-15/h4,6-7,10,13,15-16,18H,5,8-9,11H2,1-3H3. The highest BCUT2D eigenvalue weighted by atomic mass is 16.2. The second kappa shape index (κ2) is 5.78. The van der Waals surface area contributed by atoms with Gasteiger partial charge in [0.1, 0.15) is 6.17 Å². The summed E-state index contributed by atoms with van der Waals surface area (Å²) in [6, 6.07) is 8.70. The largest absolute Gasteiger partial charge is 0.317 e. The first-order valence-corrected chi connectivity index (χ1v) is 7.89. The van der Waals surface area contributed by atoms with E-state index in [1.54, 1.807) is 0 Å². The molecule has 4 nitrogen and oxygen atoms in total. The summed E-state index contributed by atoms with van der Waals surface area (Å²) >= 11 is 0. The molecule has 21 heavy (non-hydrogen) atoms. The van der Waals surface area contributed by atoms with E-state index in [-0.39, 0.29) is 18.1 Å². The predicted molar refractivity (Wildman–Crippen MR) is 83.9 cm³/mol. The second-order valence-corrected chi connectivity index (χ2v) is 6.51. The van der Waals surface area contributed by atoms with Crippen LogP contribution < -0.4 is 5.32 Å². The third-order valence-corrected chi connectivity index (χ3v) is 4.66. The maximum absolute atomic E-state index is 12.6. The molecule has 3 unspecified atom stereocenters. The molecular weight excluding hydrogens is 262 g/mol.